The summed E-state index contributed by atoms with van der Waals surface area (Å²) in [5.41, 5.74) is 0. The Morgan fingerprint density at radius 3 is 2.47 bits per heavy atom. The van der Waals surface area contributed by atoms with E-state index in [-0.39, 0.29) is 37.1 Å². The molecule has 4 nitrogen and oxygen atoms in total. The van der Waals surface area contributed by atoms with Gasteiger partial charge in [0.15, 0.2) is 0 Å². The minimum Gasteiger partial charge on any atom is -0.462 e. The number of esters is 1. The van der Waals surface area contributed by atoms with E-state index in [2.05, 4.69) is 5.32 Å². The van der Waals surface area contributed by atoms with Gasteiger partial charge in [-0.1, -0.05) is 6.92 Å². The number of carbonyl (C=O) groups excluding carboxylic acids is 1. The third kappa shape index (κ3) is 8.66. The van der Waals surface area contributed by atoms with Crippen LogP contribution in [0.3, 0.4) is 0 Å². The molecular formula is C10H22ClNO3. The number of halogens is 1. The van der Waals surface area contributed by atoms with E-state index in [1.54, 1.807) is 0 Å². The molecule has 0 fully saturated rings. The van der Waals surface area contributed by atoms with Gasteiger partial charge < -0.3 is 15.2 Å². The molecule has 0 spiro atoms. The van der Waals surface area contributed by atoms with Crippen molar-refractivity contribution in [2.75, 3.05) is 13.2 Å². The van der Waals surface area contributed by atoms with Crippen molar-refractivity contribution in [3.63, 3.8) is 0 Å². The first-order valence-electron chi connectivity index (χ1n) is 5.16. The fourth-order valence-electron chi connectivity index (χ4n) is 1.07. The van der Waals surface area contributed by atoms with Crippen LogP contribution in [0.2, 0.25) is 0 Å². The summed E-state index contributed by atoms with van der Waals surface area (Å²) in [6.07, 6.45) is 1.26. The summed E-state index contributed by atoms with van der Waals surface area (Å²) in [5.74, 6) is -0.275. The minimum absolute atomic E-state index is 0. The molecule has 2 N–H and O–H groups in total. The van der Waals surface area contributed by atoms with Crippen molar-refractivity contribution < 1.29 is 14.6 Å². The summed E-state index contributed by atoms with van der Waals surface area (Å²) in [6, 6.07) is -0.373. The summed E-state index contributed by atoms with van der Waals surface area (Å²) in [4.78, 5) is 11.5. The second-order valence-electron chi connectivity index (χ2n) is 3.50. The molecule has 0 unspecified atom stereocenters. The van der Waals surface area contributed by atoms with E-state index in [4.69, 9.17) is 9.84 Å². The second kappa shape index (κ2) is 10.2. The first kappa shape index (κ1) is 17.1. The van der Waals surface area contributed by atoms with Crippen molar-refractivity contribution in [3.05, 3.63) is 0 Å². The fourth-order valence-corrected chi connectivity index (χ4v) is 1.07. The molecule has 0 radical (unpaired) electrons. The molecule has 92 valence electrons. The number of nitrogens with one attached hydrogen (secondary N) is 1. The van der Waals surface area contributed by atoms with Crippen LogP contribution in [-0.4, -0.2) is 36.4 Å². The highest BCUT2D eigenvalue weighted by Crippen LogP contribution is 1.99. The molecule has 0 rings (SSSR count). The van der Waals surface area contributed by atoms with Crippen LogP contribution in [-0.2, 0) is 9.53 Å². The number of rotatable bonds is 7. The van der Waals surface area contributed by atoms with E-state index in [9.17, 15) is 4.79 Å². The predicted molar refractivity (Wildman–Crippen MR) is 62.3 cm³/mol. The molecule has 0 amide bonds. The van der Waals surface area contributed by atoms with Gasteiger partial charge in [0, 0.05) is 6.61 Å². The summed E-state index contributed by atoms with van der Waals surface area (Å²) in [5, 5.41) is 11.8. The lowest BCUT2D eigenvalue weighted by atomic mass is 10.2. The molecule has 15 heavy (non-hydrogen) atoms. The molecule has 0 aromatic rings. The molecule has 0 saturated heterocycles. The van der Waals surface area contributed by atoms with E-state index < -0.39 is 0 Å². The van der Waals surface area contributed by atoms with Crippen molar-refractivity contribution >= 4 is 18.4 Å². The SMILES string of the molecule is CCCN[C@@H](CCO)C(=O)OC(C)C.Cl. The number of ether oxygens (including phenoxy) is 1. The molecule has 0 heterocycles. The van der Waals surface area contributed by atoms with Crippen molar-refractivity contribution in [2.45, 2.75) is 45.8 Å². The molecule has 5 heteroatoms. The van der Waals surface area contributed by atoms with Crippen LogP contribution in [0.5, 0.6) is 0 Å². The van der Waals surface area contributed by atoms with Crippen LogP contribution < -0.4 is 5.32 Å². The van der Waals surface area contributed by atoms with Crippen LogP contribution in [0.4, 0.5) is 0 Å². The average molecular weight is 240 g/mol. The van der Waals surface area contributed by atoms with Gasteiger partial charge >= 0.3 is 5.97 Å². The summed E-state index contributed by atoms with van der Waals surface area (Å²) < 4.78 is 5.05. The van der Waals surface area contributed by atoms with Gasteiger partial charge in [0.2, 0.25) is 0 Å². The Bertz CT molecular complexity index is 165. The second-order valence-corrected chi connectivity index (χ2v) is 3.50. The van der Waals surface area contributed by atoms with Crippen LogP contribution in [0.25, 0.3) is 0 Å². The molecule has 0 aliphatic heterocycles. The van der Waals surface area contributed by atoms with E-state index in [1.165, 1.54) is 0 Å². The predicted octanol–water partition coefficient (Wildman–Crippen LogP) is 1.11. The maximum absolute atomic E-state index is 11.5. The minimum atomic E-state index is -0.373. The Balaban J connectivity index is 0. The number of aliphatic hydroxyl groups excluding tert-OH is 1. The lowest BCUT2D eigenvalue weighted by Gasteiger charge is -2.17. The lowest BCUT2D eigenvalue weighted by molar-refractivity contribution is -0.150. The number of hydrogen-bond acceptors (Lipinski definition) is 4. The third-order valence-corrected chi connectivity index (χ3v) is 1.69. The third-order valence-electron chi connectivity index (χ3n) is 1.69. The Kier molecular flexibility index (Phi) is 11.6. The number of hydrogen-bond donors (Lipinski definition) is 2. The Hall–Kier alpha value is -0.320. The van der Waals surface area contributed by atoms with Crippen LogP contribution in [0.15, 0.2) is 0 Å². The van der Waals surface area contributed by atoms with Crippen LogP contribution in [0, 0.1) is 0 Å². The normalized spacial score (nSPS) is 12.1. The van der Waals surface area contributed by atoms with Gasteiger partial charge in [-0.3, -0.25) is 4.79 Å². The highest BCUT2D eigenvalue weighted by Gasteiger charge is 2.19. The molecule has 0 aliphatic rings. The van der Waals surface area contributed by atoms with E-state index in [0.29, 0.717) is 6.42 Å². The van der Waals surface area contributed by atoms with Crippen molar-refractivity contribution in [3.8, 4) is 0 Å². The average Bonchev–Trinajstić information content (AvgIpc) is 2.10. The molecule has 0 saturated carbocycles. The molecule has 0 aromatic heterocycles. The first-order valence-corrected chi connectivity index (χ1v) is 5.16. The Labute approximate surface area is 97.8 Å². The summed E-state index contributed by atoms with van der Waals surface area (Å²) in [7, 11) is 0. The largest absolute Gasteiger partial charge is 0.462 e. The standard InChI is InChI=1S/C10H21NO3.ClH/c1-4-6-11-9(5-7-12)10(13)14-8(2)3;/h8-9,11-12H,4-7H2,1-3H3;1H/t9-;/m0./s1. The van der Waals surface area contributed by atoms with Gasteiger partial charge in [-0.15, -0.1) is 12.4 Å². The zero-order valence-corrected chi connectivity index (χ0v) is 10.5. The van der Waals surface area contributed by atoms with E-state index in [1.807, 2.05) is 20.8 Å². The van der Waals surface area contributed by atoms with Crippen molar-refractivity contribution in [1.82, 2.24) is 5.32 Å². The Morgan fingerprint density at radius 2 is 2.07 bits per heavy atom. The van der Waals surface area contributed by atoms with Gasteiger partial charge in [0.25, 0.3) is 0 Å². The van der Waals surface area contributed by atoms with Crippen molar-refractivity contribution in [2.24, 2.45) is 0 Å². The lowest BCUT2D eigenvalue weighted by Crippen LogP contribution is -2.40. The highest BCUT2D eigenvalue weighted by atomic mass is 35.5. The quantitative estimate of drug-likeness (QED) is 0.654. The van der Waals surface area contributed by atoms with Gasteiger partial charge in [-0.25, -0.2) is 0 Å². The van der Waals surface area contributed by atoms with Crippen LogP contribution >= 0.6 is 12.4 Å². The van der Waals surface area contributed by atoms with E-state index >= 15 is 0 Å². The Morgan fingerprint density at radius 1 is 1.47 bits per heavy atom. The maximum Gasteiger partial charge on any atom is 0.323 e. The fraction of sp³-hybridized carbons (Fsp3) is 0.900. The smallest absolute Gasteiger partial charge is 0.323 e. The van der Waals surface area contributed by atoms with E-state index in [0.717, 1.165) is 13.0 Å². The summed E-state index contributed by atoms with van der Waals surface area (Å²) in [6.45, 7) is 6.41. The van der Waals surface area contributed by atoms with Gasteiger partial charge in [-0.2, -0.15) is 0 Å². The molecule has 0 bridgehead atoms. The molecular weight excluding hydrogens is 218 g/mol. The molecule has 0 aliphatic carbocycles. The topological polar surface area (TPSA) is 58.6 Å². The zero-order chi connectivity index (χ0) is 11.0. The molecule has 1 atom stereocenters. The number of aliphatic hydroxyl groups is 1. The highest BCUT2D eigenvalue weighted by molar-refractivity contribution is 5.85. The van der Waals surface area contributed by atoms with Gasteiger partial charge in [-0.05, 0) is 33.2 Å². The van der Waals surface area contributed by atoms with Crippen LogP contribution in [0.1, 0.15) is 33.6 Å². The first-order chi connectivity index (χ1) is 6.61. The number of carbonyl (C=O) groups is 1. The van der Waals surface area contributed by atoms with Gasteiger partial charge in [0.05, 0.1) is 6.10 Å². The van der Waals surface area contributed by atoms with Gasteiger partial charge in [0.1, 0.15) is 6.04 Å². The monoisotopic (exact) mass is 239 g/mol. The maximum atomic E-state index is 11.5. The summed E-state index contributed by atoms with van der Waals surface area (Å²) >= 11 is 0. The van der Waals surface area contributed by atoms with Crippen molar-refractivity contribution in [1.29, 1.82) is 0 Å². The zero-order valence-electron chi connectivity index (χ0n) is 9.66. The molecule has 0 aromatic carbocycles.